The Morgan fingerprint density at radius 1 is 1.12 bits per heavy atom. The van der Waals surface area contributed by atoms with Gasteiger partial charge in [0.05, 0.1) is 6.54 Å². The SMILES string of the molecule is CCNC(=NCCN1CCCN(C)CC1)N1CCC(CC(=O)NC)CC1. The number of carbonyl (C=O) groups is 1. The maximum atomic E-state index is 11.6. The molecule has 26 heavy (non-hydrogen) atoms. The lowest BCUT2D eigenvalue weighted by atomic mass is 9.93. The fourth-order valence-electron chi connectivity index (χ4n) is 3.76. The zero-order valence-corrected chi connectivity index (χ0v) is 17.0. The summed E-state index contributed by atoms with van der Waals surface area (Å²) in [6.07, 6.45) is 4.03. The van der Waals surface area contributed by atoms with Crippen molar-refractivity contribution in [3.05, 3.63) is 0 Å². The molecule has 2 aliphatic heterocycles. The van der Waals surface area contributed by atoms with Crippen LogP contribution in [0.4, 0.5) is 0 Å². The molecular formula is C19H38N6O. The van der Waals surface area contributed by atoms with Crippen molar-refractivity contribution in [1.82, 2.24) is 25.3 Å². The Hall–Kier alpha value is -1.34. The summed E-state index contributed by atoms with van der Waals surface area (Å²) in [6, 6.07) is 0. The van der Waals surface area contributed by atoms with Crippen LogP contribution in [-0.4, -0.2) is 99.6 Å². The zero-order chi connectivity index (χ0) is 18.8. The highest BCUT2D eigenvalue weighted by Gasteiger charge is 2.23. The molecule has 1 amide bonds. The fraction of sp³-hybridized carbons (Fsp3) is 0.895. The molecule has 2 rings (SSSR count). The van der Waals surface area contributed by atoms with Gasteiger partial charge in [-0.15, -0.1) is 0 Å². The van der Waals surface area contributed by atoms with Crippen molar-refractivity contribution in [2.45, 2.75) is 32.6 Å². The second kappa shape index (κ2) is 11.4. The van der Waals surface area contributed by atoms with Crippen LogP contribution in [0.25, 0.3) is 0 Å². The van der Waals surface area contributed by atoms with Crippen molar-refractivity contribution in [3.63, 3.8) is 0 Å². The van der Waals surface area contributed by atoms with E-state index < -0.39 is 0 Å². The third-order valence-corrected chi connectivity index (χ3v) is 5.49. The number of likely N-dealkylation sites (tertiary alicyclic amines) is 1. The van der Waals surface area contributed by atoms with Crippen molar-refractivity contribution in [2.75, 3.05) is 73.0 Å². The lowest BCUT2D eigenvalue weighted by Gasteiger charge is -2.34. The van der Waals surface area contributed by atoms with Gasteiger partial charge in [-0.1, -0.05) is 0 Å². The Morgan fingerprint density at radius 2 is 1.88 bits per heavy atom. The second-order valence-electron chi connectivity index (χ2n) is 7.54. The number of hydrogen-bond donors (Lipinski definition) is 2. The molecule has 2 N–H and O–H groups in total. The van der Waals surface area contributed by atoms with Crippen LogP contribution in [0.1, 0.15) is 32.6 Å². The first-order valence-corrected chi connectivity index (χ1v) is 10.3. The zero-order valence-electron chi connectivity index (χ0n) is 17.0. The first kappa shape index (κ1) is 21.0. The summed E-state index contributed by atoms with van der Waals surface area (Å²) in [5, 5.41) is 6.18. The summed E-state index contributed by atoms with van der Waals surface area (Å²) in [5.41, 5.74) is 0. The van der Waals surface area contributed by atoms with Gasteiger partial charge in [0.15, 0.2) is 5.96 Å². The molecule has 0 saturated carbocycles. The predicted octanol–water partition coefficient (Wildman–Crippen LogP) is 0.438. The van der Waals surface area contributed by atoms with Gasteiger partial charge in [-0.3, -0.25) is 9.79 Å². The molecule has 0 unspecified atom stereocenters. The molecule has 7 heteroatoms. The molecule has 0 aromatic carbocycles. The minimum Gasteiger partial charge on any atom is -0.359 e. The van der Waals surface area contributed by atoms with Gasteiger partial charge < -0.3 is 25.3 Å². The molecule has 0 spiro atoms. The molecule has 0 atom stereocenters. The van der Waals surface area contributed by atoms with E-state index in [1.807, 2.05) is 0 Å². The van der Waals surface area contributed by atoms with Crippen LogP contribution in [0.2, 0.25) is 0 Å². The molecule has 2 fully saturated rings. The van der Waals surface area contributed by atoms with E-state index in [0.717, 1.165) is 64.6 Å². The molecule has 0 radical (unpaired) electrons. The average Bonchev–Trinajstić information content (AvgIpc) is 2.86. The van der Waals surface area contributed by atoms with Crippen LogP contribution in [0.3, 0.4) is 0 Å². The summed E-state index contributed by atoms with van der Waals surface area (Å²) >= 11 is 0. The second-order valence-corrected chi connectivity index (χ2v) is 7.54. The van der Waals surface area contributed by atoms with Gasteiger partial charge >= 0.3 is 0 Å². The molecule has 2 aliphatic rings. The summed E-state index contributed by atoms with van der Waals surface area (Å²) in [7, 11) is 3.93. The van der Waals surface area contributed by atoms with Crippen molar-refractivity contribution in [3.8, 4) is 0 Å². The van der Waals surface area contributed by atoms with E-state index in [1.165, 1.54) is 19.5 Å². The maximum absolute atomic E-state index is 11.6. The number of amides is 1. The summed E-state index contributed by atoms with van der Waals surface area (Å²) in [6.45, 7) is 11.6. The molecule has 7 nitrogen and oxygen atoms in total. The Morgan fingerprint density at radius 3 is 2.58 bits per heavy atom. The lowest BCUT2D eigenvalue weighted by Crippen LogP contribution is -2.46. The minimum absolute atomic E-state index is 0.159. The number of nitrogens with zero attached hydrogens (tertiary/aromatic N) is 4. The Kier molecular flexibility index (Phi) is 9.18. The van der Waals surface area contributed by atoms with Gasteiger partial charge in [-0.25, -0.2) is 0 Å². The Bertz CT molecular complexity index is 447. The van der Waals surface area contributed by atoms with E-state index in [-0.39, 0.29) is 5.91 Å². The number of likely N-dealkylation sites (N-methyl/N-ethyl adjacent to an activating group) is 1. The van der Waals surface area contributed by atoms with E-state index in [0.29, 0.717) is 12.3 Å². The summed E-state index contributed by atoms with van der Waals surface area (Å²) in [5.74, 6) is 1.70. The average molecular weight is 367 g/mol. The van der Waals surface area contributed by atoms with Gasteiger partial charge in [0, 0.05) is 52.7 Å². The number of carbonyl (C=O) groups excluding carboxylic acids is 1. The number of hydrogen-bond acceptors (Lipinski definition) is 4. The van der Waals surface area contributed by atoms with Gasteiger partial charge in [0.2, 0.25) is 5.91 Å². The van der Waals surface area contributed by atoms with Gasteiger partial charge in [0.1, 0.15) is 0 Å². The lowest BCUT2D eigenvalue weighted by molar-refractivity contribution is -0.121. The molecule has 2 saturated heterocycles. The minimum atomic E-state index is 0.159. The fourth-order valence-corrected chi connectivity index (χ4v) is 3.76. The standard InChI is InChI=1S/C19H38N6O/c1-4-21-19(22-8-13-24-10-5-9-23(3)14-15-24)25-11-6-17(7-12-25)16-18(26)20-2/h17H,4-16H2,1-3H3,(H,20,26)(H,21,22). The van der Waals surface area contributed by atoms with Gasteiger partial charge in [-0.05, 0) is 52.2 Å². The van der Waals surface area contributed by atoms with Crippen LogP contribution in [0.15, 0.2) is 4.99 Å². The van der Waals surface area contributed by atoms with Crippen LogP contribution in [0, 0.1) is 5.92 Å². The Balaban J connectivity index is 1.78. The Labute approximate surface area is 159 Å². The first-order chi connectivity index (χ1) is 12.6. The number of guanidine groups is 1. The van der Waals surface area contributed by atoms with Crippen molar-refractivity contribution >= 4 is 11.9 Å². The number of aliphatic imine (C=N–C) groups is 1. The van der Waals surface area contributed by atoms with Crippen LogP contribution >= 0.6 is 0 Å². The maximum Gasteiger partial charge on any atom is 0.220 e. The largest absolute Gasteiger partial charge is 0.359 e. The summed E-state index contributed by atoms with van der Waals surface area (Å²) < 4.78 is 0. The monoisotopic (exact) mass is 366 g/mol. The van der Waals surface area contributed by atoms with Crippen LogP contribution < -0.4 is 10.6 Å². The van der Waals surface area contributed by atoms with Crippen molar-refractivity contribution < 1.29 is 4.79 Å². The highest BCUT2D eigenvalue weighted by molar-refractivity contribution is 5.80. The number of rotatable bonds is 6. The molecule has 0 aromatic rings. The van der Waals surface area contributed by atoms with Gasteiger partial charge in [-0.2, -0.15) is 0 Å². The van der Waals surface area contributed by atoms with Crippen LogP contribution in [-0.2, 0) is 4.79 Å². The number of nitrogens with one attached hydrogen (secondary N) is 2. The van der Waals surface area contributed by atoms with Crippen molar-refractivity contribution in [2.24, 2.45) is 10.9 Å². The molecule has 150 valence electrons. The molecule has 2 heterocycles. The third kappa shape index (κ3) is 7.11. The molecule has 0 aliphatic carbocycles. The quantitative estimate of drug-likeness (QED) is 0.528. The van der Waals surface area contributed by atoms with Crippen LogP contribution in [0.5, 0.6) is 0 Å². The predicted molar refractivity (Wildman–Crippen MR) is 108 cm³/mol. The third-order valence-electron chi connectivity index (χ3n) is 5.49. The van der Waals surface area contributed by atoms with E-state index in [2.05, 4.69) is 39.3 Å². The topological polar surface area (TPSA) is 63.2 Å². The summed E-state index contributed by atoms with van der Waals surface area (Å²) in [4.78, 5) is 23.8. The highest BCUT2D eigenvalue weighted by atomic mass is 16.1. The van der Waals surface area contributed by atoms with E-state index in [1.54, 1.807) is 7.05 Å². The van der Waals surface area contributed by atoms with E-state index >= 15 is 0 Å². The number of piperidine rings is 1. The first-order valence-electron chi connectivity index (χ1n) is 10.3. The molecular weight excluding hydrogens is 328 g/mol. The molecule has 0 aromatic heterocycles. The smallest absolute Gasteiger partial charge is 0.220 e. The van der Waals surface area contributed by atoms with Crippen molar-refractivity contribution in [1.29, 1.82) is 0 Å². The normalized spacial score (nSPS) is 21.5. The molecule has 0 bridgehead atoms. The highest BCUT2D eigenvalue weighted by Crippen LogP contribution is 2.20. The van der Waals surface area contributed by atoms with E-state index in [4.69, 9.17) is 4.99 Å². The van der Waals surface area contributed by atoms with Gasteiger partial charge in [0.25, 0.3) is 0 Å². The van der Waals surface area contributed by atoms with E-state index in [9.17, 15) is 4.79 Å².